The van der Waals surface area contributed by atoms with Gasteiger partial charge in [-0.1, -0.05) is 6.42 Å². The summed E-state index contributed by atoms with van der Waals surface area (Å²) in [6.07, 6.45) is 0.198. The fraction of sp³-hybridized carbons (Fsp3) is 0.556. The number of alkyl halides is 3. The number of oxazole rings is 1. The summed E-state index contributed by atoms with van der Waals surface area (Å²) in [4.78, 5) is 16.1. The van der Waals surface area contributed by atoms with Crippen LogP contribution in [0.3, 0.4) is 0 Å². The second-order valence-corrected chi connectivity index (χ2v) is 7.39. The summed E-state index contributed by atoms with van der Waals surface area (Å²) in [5.74, 6) is -0.738. The second kappa shape index (κ2) is 7.31. The quantitative estimate of drug-likeness (QED) is 0.780. The number of carbonyl (C=O) groups is 1. The van der Waals surface area contributed by atoms with E-state index in [0.717, 1.165) is 25.7 Å². The third-order valence-corrected chi connectivity index (χ3v) is 5.68. The summed E-state index contributed by atoms with van der Waals surface area (Å²) in [5.41, 5.74) is 6.78. The van der Waals surface area contributed by atoms with Crippen LogP contribution in [0.2, 0.25) is 0 Å². The molecule has 2 unspecified atom stereocenters. The van der Waals surface area contributed by atoms with Crippen LogP contribution >= 0.6 is 12.4 Å². The monoisotopic (exact) mass is 403 g/mol. The van der Waals surface area contributed by atoms with Crippen molar-refractivity contribution in [2.75, 3.05) is 5.32 Å². The topological polar surface area (TPSA) is 81.2 Å². The lowest BCUT2D eigenvalue weighted by Crippen LogP contribution is -2.48. The van der Waals surface area contributed by atoms with E-state index in [1.807, 2.05) is 0 Å². The van der Waals surface area contributed by atoms with Crippen LogP contribution in [-0.2, 0) is 11.0 Å². The number of rotatable bonds is 2. The van der Waals surface area contributed by atoms with Crippen molar-refractivity contribution in [3.8, 4) is 0 Å². The Labute approximate surface area is 160 Å². The van der Waals surface area contributed by atoms with Crippen molar-refractivity contribution in [3.63, 3.8) is 0 Å². The first-order chi connectivity index (χ1) is 12.3. The van der Waals surface area contributed by atoms with Crippen molar-refractivity contribution in [3.05, 3.63) is 24.1 Å². The van der Waals surface area contributed by atoms with Crippen LogP contribution in [0.25, 0.3) is 11.1 Å². The maximum atomic E-state index is 12.7. The van der Waals surface area contributed by atoms with Crippen LogP contribution in [0.5, 0.6) is 0 Å². The summed E-state index contributed by atoms with van der Waals surface area (Å²) in [6, 6.07) is 4.50. The number of benzene rings is 1. The van der Waals surface area contributed by atoms with E-state index in [1.54, 1.807) is 0 Å². The third kappa shape index (κ3) is 3.91. The molecule has 2 saturated carbocycles. The third-order valence-electron chi connectivity index (χ3n) is 5.68. The molecule has 9 heteroatoms. The number of anilines is 1. The molecule has 1 aromatic carbocycles. The lowest BCUT2D eigenvalue weighted by atomic mass is 9.65. The summed E-state index contributed by atoms with van der Waals surface area (Å²) >= 11 is 0. The molecule has 5 nitrogen and oxygen atoms in total. The van der Waals surface area contributed by atoms with Gasteiger partial charge in [-0.05, 0) is 55.7 Å². The van der Waals surface area contributed by atoms with Crippen molar-refractivity contribution in [2.45, 2.75) is 44.3 Å². The maximum Gasteiger partial charge on any atom is 0.468 e. The van der Waals surface area contributed by atoms with E-state index in [4.69, 9.17) is 10.2 Å². The van der Waals surface area contributed by atoms with Gasteiger partial charge < -0.3 is 15.5 Å². The molecule has 1 heterocycles. The molecule has 2 atom stereocenters. The van der Waals surface area contributed by atoms with Gasteiger partial charge in [0.1, 0.15) is 5.52 Å². The van der Waals surface area contributed by atoms with E-state index >= 15 is 0 Å². The van der Waals surface area contributed by atoms with Gasteiger partial charge in [-0.25, -0.2) is 4.98 Å². The zero-order chi connectivity index (χ0) is 18.5. The van der Waals surface area contributed by atoms with E-state index in [1.165, 1.54) is 24.6 Å². The van der Waals surface area contributed by atoms with Gasteiger partial charge in [0, 0.05) is 17.6 Å². The second-order valence-electron chi connectivity index (χ2n) is 7.39. The van der Waals surface area contributed by atoms with Gasteiger partial charge in [0.05, 0.1) is 0 Å². The highest BCUT2D eigenvalue weighted by Crippen LogP contribution is 2.42. The van der Waals surface area contributed by atoms with Crippen molar-refractivity contribution in [1.29, 1.82) is 0 Å². The van der Waals surface area contributed by atoms with Crippen LogP contribution in [0, 0.1) is 17.8 Å². The molecule has 3 N–H and O–H groups in total. The first kappa shape index (κ1) is 19.9. The molecular formula is C18H21ClF3N3O2. The molecule has 2 fully saturated rings. The van der Waals surface area contributed by atoms with E-state index < -0.39 is 12.1 Å². The Kier molecular flexibility index (Phi) is 5.40. The first-order valence-corrected chi connectivity index (χ1v) is 8.85. The van der Waals surface area contributed by atoms with Crippen molar-refractivity contribution in [2.24, 2.45) is 23.5 Å². The summed E-state index contributed by atoms with van der Waals surface area (Å²) in [6.45, 7) is 0. The maximum absolute atomic E-state index is 12.7. The zero-order valence-corrected chi connectivity index (χ0v) is 15.3. The van der Waals surface area contributed by atoms with Crippen molar-refractivity contribution in [1.82, 2.24) is 4.98 Å². The Morgan fingerprint density at radius 3 is 2.52 bits per heavy atom. The van der Waals surface area contributed by atoms with Gasteiger partial charge in [-0.3, -0.25) is 4.79 Å². The van der Waals surface area contributed by atoms with Crippen LogP contribution in [0.15, 0.2) is 22.6 Å². The average molecular weight is 404 g/mol. The molecule has 27 heavy (non-hydrogen) atoms. The SMILES string of the molecule is Cl.NC1C2CCCC1CC(C(=O)Nc1ccc3oc(C(F)(F)F)nc3c1)C2. The normalized spacial score (nSPS) is 27.9. The van der Waals surface area contributed by atoms with E-state index in [0.29, 0.717) is 17.5 Å². The van der Waals surface area contributed by atoms with E-state index in [-0.39, 0.29) is 41.4 Å². The number of nitrogens with two attached hydrogens (primary N) is 1. The number of halogens is 4. The van der Waals surface area contributed by atoms with Crippen molar-refractivity contribution >= 4 is 35.1 Å². The van der Waals surface area contributed by atoms with Crippen LogP contribution in [0.1, 0.15) is 38.0 Å². The summed E-state index contributed by atoms with van der Waals surface area (Å²) < 4.78 is 42.8. The number of amides is 1. The smallest absolute Gasteiger partial charge is 0.433 e. The van der Waals surface area contributed by atoms with E-state index in [2.05, 4.69) is 10.3 Å². The number of fused-ring (bicyclic) bond motifs is 3. The summed E-state index contributed by atoms with van der Waals surface area (Å²) in [7, 11) is 0. The highest BCUT2D eigenvalue weighted by atomic mass is 35.5. The minimum absolute atomic E-state index is 0. The van der Waals surface area contributed by atoms with Gasteiger partial charge in [-0.15, -0.1) is 12.4 Å². The minimum Gasteiger partial charge on any atom is -0.433 e. The van der Waals surface area contributed by atoms with Crippen LogP contribution in [0.4, 0.5) is 18.9 Å². The Morgan fingerprint density at radius 1 is 1.22 bits per heavy atom. The van der Waals surface area contributed by atoms with Crippen LogP contribution in [-0.4, -0.2) is 16.9 Å². The minimum atomic E-state index is -4.64. The summed E-state index contributed by atoms with van der Waals surface area (Å²) in [5, 5.41) is 2.81. The van der Waals surface area contributed by atoms with E-state index in [9.17, 15) is 18.0 Å². The van der Waals surface area contributed by atoms with Crippen molar-refractivity contribution < 1.29 is 22.4 Å². The molecule has 4 rings (SSSR count). The fourth-order valence-corrected chi connectivity index (χ4v) is 4.37. The first-order valence-electron chi connectivity index (χ1n) is 8.85. The largest absolute Gasteiger partial charge is 0.468 e. The molecule has 1 aromatic heterocycles. The number of nitrogens with one attached hydrogen (secondary N) is 1. The molecule has 2 aliphatic rings. The van der Waals surface area contributed by atoms with Crippen LogP contribution < -0.4 is 11.1 Å². The highest BCUT2D eigenvalue weighted by molar-refractivity contribution is 5.94. The lowest BCUT2D eigenvalue weighted by molar-refractivity contribution is -0.156. The fourth-order valence-electron chi connectivity index (χ4n) is 4.37. The molecule has 2 aliphatic carbocycles. The lowest BCUT2D eigenvalue weighted by Gasteiger charge is -2.43. The molecule has 0 radical (unpaired) electrons. The van der Waals surface area contributed by atoms with Gasteiger partial charge in [-0.2, -0.15) is 13.2 Å². The Bertz CT molecular complexity index is 825. The molecular weight excluding hydrogens is 383 g/mol. The molecule has 0 saturated heterocycles. The van der Waals surface area contributed by atoms with Gasteiger partial charge in [0.2, 0.25) is 5.91 Å². The molecule has 2 bridgehead atoms. The molecule has 148 valence electrons. The predicted octanol–water partition coefficient (Wildman–Crippen LogP) is 4.36. The highest BCUT2D eigenvalue weighted by Gasteiger charge is 2.40. The molecule has 0 spiro atoms. The number of nitrogens with zero attached hydrogens (tertiary/aromatic N) is 1. The van der Waals surface area contributed by atoms with Gasteiger partial charge in [0.25, 0.3) is 0 Å². The predicted molar refractivity (Wildman–Crippen MR) is 96.4 cm³/mol. The number of hydrogen-bond donors (Lipinski definition) is 2. The zero-order valence-electron chi connectivity index (χ0n) is 14.5. The Balaban J connectivity index is 0.00000210. The van der Waals surface area contributed by atoms with Gasteiger partial charge >= 0.3 is 12.1 Å². The molecule has 1 amide bonds. The standard InChI is InChI=1S/C18H20F3N3O2.ClH/c19-18(20,21)17-24-13-8-12(4-5-14(13)26-17)23-16(25)11-6-9-2-1-3-10(7-11)15(9)22;/h4-5,8-11,15H,1-3,6-7,22H2,(H,23,25);1H. The number of carbonyl (C=O) groups excluding carboxylic acids is 1. The number of aromatic nitrogens is 1. The molecule has 2 aromatic rings. The average Bonchev–Trinajstić information content (AvgIpc) is 2.98. The van der Waals surface area contributed by atoms with Gasteiger partial charge in [0.15, 0.2) is 5.58 Å². The molecule has 0 aliphatic heterocycles. The Hall–Kier alpha value is -1.80. The number of hydrogen-bond acceptors (Lipinski definition) is 4. The Morgan fingerprint density at radius 2 is 1.89 bits per heavy atom.